The van der Waals surface area contributed by atoms with Gasteiger partial charge < -0.3 is 9.72 Å². The predicted molar refractivity (Wildman–Crippen MR) is 105 cm³/mol. The Hall–Kier alpha value is -2.99. The maximum atomic E-state index is 12.2. The van der Waals surface area contributed by atoms with Crippen molar-refractivity contribution in [2.45, 2.75) is 19.3 Å². The van der Waals surface area contributed by atoms with Crippen LogP contribution in [0.1, 0.15) is 28.8 Å². The number of hydrogen-bond acceptors (Lipinski definition) is 3. The molecule has 0 unspecified atom stereocenters. The van der Waals surface area contributed by atoms with Crippen LogP contribution in [-0.2, 0) is 11.2 Å². The molecule has 0 aliphatic heterocycles. The molecule has 3 rings (SSSR count). The number of nitrogens with one attached hydrogen (secondary N) is 3. The fourth-order valence-corrected chi connectivity index (χ4v) is 3.06. The molecule has 2 aromatic carbocycles. The summed E-state index contributed by atoms with van der Waals surface area (Å²) in [5.41, 5.74) is 7.32. The molecular weight excluding hydrogens is 366 g/mol. The first kappa shape index (κ1) is 18.8. The minimum absolute atomic E-state index is 0.254. The molecule has 3 aromatic rings. The number of H-pyrrole nitrogens is 1. The molecule has 0 saturated carbocycles. The zero-order valence-corrected chi connectivity index (χ0v) is 15.6. The molecular formula is C20H20ClN3O3. The smallest absolute Gasteiger partial charge is 0.273 e. The largest absolute Gasteiger partial charge is 0.496 e. The number of hydrazine groups is 1. The SMILES string of the molecule is COc1ccc(Cl)cc1C(=O)NNC(=O)CCCc1c[nH]c2ccccc12. The van der Waals surface area contributed by atoms with Crippen LogP contribution in [0, 0.1) is 0 Å². The van der Waals surface area contributed by atoms with E-state index in [4.69, 9.17) is 16.3 Å². The molecule has 3 N–H and O–H groups in total. The van der Waals surface area contributed by atoms with Crippen molar-refractivity contribution < 1.29 is 14.3 Å². The Labute approximate surface area is 161 Å². The van der Waals surface area contributed by atoms with Crippen LogP contribution in [0.5, 0.6) is 5.75 Å². The number of rotatable bonds is 6. The van der Waals surface area contributed by atoms with Crippen LogP contribution < -0.4 is 15.6 Å². The summed E-state index contributed by atoms with van der Waals surface area (Å²) in [7, 11) is 1.46. The molecule has 0 aliphatic rings. The molecule has 0 atom stereocenters. The van der Waals surface area contributed by atoms with Crippen molar-refractivity contribution in [3.63, 3.8) is 0 Å². The molecule has 0 fully saturated rings. The Morgan fingerprint density at radius 2 is 1.96 bits per heavy atom. The Bertz CT molecular complexity index is 968. The van der Waals surface area contributed by atoms with E-state index in [1.54, 1.807) is 12.1 Å². The van der Waals surface area contributed by atoms with Crippen molar-refractivity contribution in [1.29, 1.82) is 0 Å². The van der Waals surface area contributed by atoms with Gasteiger partial charge in [-0.05, 0) is 42.7 Å². The first-order chi connectivity index (χ1) is 13.1. The Kier molecular flexibility index (Phi) is 5.98. The minimum atomic E-state index is -0.487. The maximum Gasteiger partial charge on any atom is 0.273 e. The summed E-state index contributed by atoms with van der Waals surface area (Å²) in [5.74, 6) is -0.367. The van der Waals surface area contributed by atoms with Crippen molar-refractivity contribution in [2.24, 2.45) is 0 Å². The van der Waals surface area contributed by atoms with E-state index in [9.17, 15) is 9.59 Å². The van der Waals surface area contributed by atoms with Gasteiger partial charge in [-0.1, -0.05) is 29.8 Å². The van der Waals surface area contributed by atoms with Crippen molar-refractivity contribution in [1.82, 2.24) is 15.8 Å². The number of carbonyl (C=O) groups excluding carboxylic acids is 2. The molecule has 1 aromatic heterocycles. The zero-order chi connectivity index (χ0) is 19.2. The van der Waals surface area contributed by atoms with Gasteiger partial charge in [-0.3, -0.25) is 20.4 Å². The number of hydrogen-bond donors (Lipinski definition) is 3. The van der Waals surface area contributed by atoms with Gasteiger partial charge in [-0.25, -0.2) is 0 Å². The second-order valence-corrected chi connectivity index (χ2v) is 6.50. The van der Waals surface area contributed by atoms with Gasteiger partial charge in [0.25, 0.3) is 5.91 Å². The average molecular weight is 386 g/mol. The normalized spacial score (nSPS) is 10.6. The number of carbonyl (C=O) groups is 2. The fraction of sp³-hybridized carbons (Fsp3) is 0.200. The van der Waals surface area contributed by atoms with E-state index in [1.165, 1.54) is 24.1 Å². The number of aromatic amines is 1. The van der Waals surface area contributed by atoms with E-state index in [1.807, 2.05) is 24.4 Å². The lowest BCUT2D eigenvalue weighted by atomic mass is 10.1. The number of aromatic nitrogens is 1. The topological polar surface area (TPSA) is 83.2 Å². The fourth-order valence-electron chi connectivity index (χ4n) is 2.89. The summed E-state index contributed by atoms with van der Waals surface area (Å²) >= 11 is 5.91. The maximum absolute atomic E-state index is 12.2. The molecule has 2 amide bonds. The molecule has 0 radical (unpaired) electrons. The monoisotopic (exact) mass is 385 g/mol. The zero-order valence-electron chi connectivity index (χ0n) is 14.8. The lowest BCUT2D eigenvalue weighted by Crippen LogP contribution is -2.41. The van der Waals surface area contributed by atoms with Crippen LogP contribution in [0.3, 0.4) is 0 Å². The van der Waals surface area contributed by atoms with Crippen LogP contribution in [0.4, 0.5) is 0 Å². The van der Waals surface area contributed by atoms with Gasteiger partial charge >= 0.3 is 0 Å². The van der Waals surface area contributed by atoms with Crippen LogP contribution in [0.2, 0.25) is 5.02 Å². The quantitative estimate of drug-likeness (QED) is 0.567. The summed E-state index contributed by atoms with van der Waals surface area (Å²) in [6.45, 7) is 0. The van der Waals surface area contributed by atoms with E-state index in [-0.39, 0.29) is 11.5 Å². The first-order valence-electron chi connectivity index (χ1n) is 8.56. The molecule has 7 heteroatoms. The van der Waals surface area contributed by atoms with Gasteiger partial charge in [0.15, 0.2) is 0 Å². The second-order valence-electron chi connectivity index (χ2n) is 6.06. The summed E-state index contributed by atoms with van der Waals surface area (Å²) in [5, 5.41) is 1.57. The average Bonchev–Trinajstić information content (AvgIpc) is 3.09. The van der Waals surface area contributed by atoms with Gasteiger partial charge in [0, 0.05) is 28.5 Å². The van der Waals surface area contributed by atoms with Crippen LogP contribution >= 0.6 is 11.6 Å². The van der Waals surface area contributed by atoms with Crippen LogP contribution in [-0.4, -0.2) is 23.9 Å². The summed E-state index contributed by atoms with van der Waals surface area (Å²) in [4.78, 5) is 27.4. The standard InChI is InChI=1S/C20H20ClN3O3/c1-27-18-10-9-14(21)11-16(18)20(26)24-23-19(25)8-4-5-13-12-22-17-7-3-2-6-15(13)17/h2-3,6-7,9-12,22H,4-5,8H2,1H3,(H,23,25)(H,24,26). The number of para-hydroxylation sites is 1. The summed E-state index contributed by atoms with van der Waals surface area (Å²) in [6.07, 6.45) is 3.71. The first-order valence-corrected chi connectivity index (χ1v) is 8.94. The highest BCUT2D eigenvalue weighted by molar-refractivity contribution is 6.31. The minimum Gasteiger partial charge on any atom is -0.496 e. The van der Waals surface area contributed by atoms with Crippen molar-refractivity contribution in [2.75, 3.05) is 7.11 Å². The van der Waals surface area contributed by atoms with Gasteiger partial charge in [-0.15, -0.1) is 0 Å². The number of ether oxygens (including phenoxy) is 1. The van der Waals surface area contributed by atoms with Gasteiger partial charge in [-0.2, -0.15) is 0 Å². The van der Waals surface area contributed by atoms with Gasteiger partial charge in [0.1, 0.15) is 5.75 Å². The molecule has 0 aliphatic carbocycles. The summed E-state index contributed by atoms with van der Waals surface area (Å²) in [6, 6.07) is 12.8. The Morgan fingerprint density at radius 3 is 2.78 bits per heavy atom. The molecule has 0 spiro atoms. The summed E-state index contributed by atoms with van der Waals surface area (Å²) < 4.78 is 5.13. The highest BCUT2D eigenvalue weighted by Crippen LogP contribution is 2.22. The highest BCUT2D eigenvalue weighted by Gasteiger charge is 2.14. The van der Waals surface area contributed by atoms with E-state index < -0.39 is 5.91 Å². The lowest BCUT2D eigenvalue weighted by Gasteiger charge is -2.10. The number of aryl methyl sites for hydroxylation is 1. The van der Waals surface area contributed by atoms with E-state index in [2.05, 4.69) is 21.9 Å². The van der Waals surface area contributed by atoms with Gasteiger partial charge in [0.2, 0.25) is 5.91 Å². The number of fused-ring (bicyclic) bond motifs is 1. The Balaban J connectivity index is 1.48. The lowest BCUT2D eigenvalue weighted by molar-refractivity contribution is -0.121. The second kappa shape index (κ2) is 8.60. The Morgan fingerprint density at radius 1 is 1.15 bits per heavy atom. The number of methoxy groups -OCH3 is 1. The highest BCUT2D eigenvalue weighted by atomic mass is 35.5. The van der Waals surface area contributed by atoms with Crippen molar-refractivity contribution >= 4 is 34.3 Å². The van der Waals surface area contributed by atoms with E-state index >= 15 is 0 Å². The van der Waals surface area contributed by atoms with E-state index in [0.29, 0.717) is 23.6 Å². The molecule has 1 heterocycles. The van der Waals surface area contributed by atoms with Gasteiger partial charge in [0.05, 0.1) is 12.7 Å². The predicted octanol–water partition coefficient (Wildman–Crippen LogP) is 3.61. The molecule has 0 saturated heterocycles. The third kappa shape index (κ3) is 4.60. The van der Waals surface area contributed by atoms with Crippen LogP contribution in [0.15, 0.2) is 48.7 Å². The third-order valence-corrected chi connectivity index (χ3v) is 4.48. The number of benzene rings is 2. The molecule has 27 heavy (non-hydrogen) atoms. The van der Waals surface area contributed by atoms with Crippen molar-refractivity contribution in [3.05, 3.63) is 64.8 Å². The number of halogens is 1. The molecule has 140 valence electrons. The van der Waals surface area contributed by atoms with Crippen molar-refractivity contribution in [3.8, 4) is 5.75 Å². The molecule has 0 bridgehead atoms. The number of amides is 2. The molecule has 6 nitrogen and oxygen atoms in total. The van der Waals surface area contributed by atoms with Crippen LogP contribution in [0.25, 0.3) is 10.9 Å². The third-order valence-electron chi connectivity index (χ3n) is 4.25. The van der Waals surface area contributed by atoms with E-state index in [0.717, 1.165) is 11.9 Å².